The van der Waals surface area contributed by atoms with Crippen molar-refractivity contribution in [3.05, 3.63) is 18.0 Å². The Balaban J connectivity index is 1.89. The van der Waals surface area contributed by atoms with Crippen molar-refractivity contribution in [2.75, 3.05) is 13.6 Å². The number of aromatic nitrogens is 2. The van der Waals surface area contributed by atoms with Gasteiger partial charge >= 0.3 is 0 Å². The average Bonchev–Trinajstić information content (AvgIpc) is 2.61. The van der Waals surface area contributed by atoms with E-state index in [1.165, 1.54) is 0 Å². The van der Waals surface area contributed by atoms with Crippen LogP contribution in [0, 0.1) is 5.92 Å². The van der Waals surface area contributed by atoms with Crippen molar-refractivity contribution in [3.63, 3.8) is 0 Å². The number of amides is 1. The number of aryl methyl sites for hydroxylation is 1. The molecule has 88 valence electrons. The highest BCUT2D eigenvalue weighted by Crippen LogP contribution is 2.32. The highest BCUT2D eigenvalue weighted by atomic mass is 35.5. The van der Waals surface area contributed by atoms with E-state index in [0.717, 1.165) is 19.4 Å². The number of hydrogen-bond acceptors (Lipinski definition) is 2. The number of carbonyl (C=O) groups excluding carboxylic acids is 1. The Labute approximate surface area is 100 Å². The molecule has 1 aromatic rings. The summed E-state index contributed by atoms with van der Waals surface area (Å²) in [5.74, 6) is 0.597. The summed E-state index contributed by atoms with van der Waals surface area (Å²) < 4.78 is 1.64. The van der Waals surface area contributed by atoms with Crippen LogP contribution in [0.1, 0.15) is 23.2 Å². The van der Waals surface area contributed by atoms with Crippen LogP contribution >= 0.6 is 11.6 Å². The molecule has 0 saturated heterocycles. The van der Waals surface area contributed by atoms with Gasteiger partial charge < -0.3 is 4.90 Å². The molecular weight excluding hydrogens is 226 g/mol. The van der Waals surface area contributed by atoms with E-state index < -0.39 is 0 Å². The molecule has 1 aliphatic rings. The third-order valence-electron chi connectivity index (χ3n) is 3.01. The lowest BCUT2D eigenvalue weighted by atomic mass is 9.84. The maximum atomic E-state index is 12.0. The summed E-state index contributed by atoms with van der Waals surface area (Å²) in [4.78, 5) is 13.7. The Morgan fingerprint density at radius 1 is 1.69 bits per heavy atom. The molecule has 0 N–H and O–H groups in total. The molecule has 1 amide bonds. The van der Waals surface area contributed by atoms with Crippen molar-refractivity contribution in [2.45, 2.75) is 18.2 Å². The molecular formula is C11H16ClN3O. The highest BCUT2D eigenvalue weighted by molar-refractivity contribution is 6.21. The van der Waals surface area contributed by atoms with Crippen LogP contribution in [0.25, 0.3) is 0 Å². The number of rotatable bonds is 3. The summed E-state index contributed by atoms with van der Waals surface area (Å²) in [7, 11) is 3.64. The minimum Gasteiger partial charge on any atom is -0.341 e. The van der Waals surface area contributed by atoms with Crippen molar-refractivity contribution < 1.29 is 4.79 Å². The SMILES string of the molecule is CN(CC1CC(Cl)C1)C(=O)c1cnn(C)c1. The third kappa shape index (κ3) is 2.38. The minimum absolute atomic E-state index is 0.0334. The zero-order valence-electron chi connectivity index (χ0n) is 9.56. The molecule has 1 heterocycles. The molecule has 1 fully saturated rings. The smallest absolute Gasteiger partial charge is 0.256 e. The fraction of sp³-hybridized carbons (Fsp3) is 0.636. The van der Waals surface area contributed by atoms with Crippen molar-refractivity contribution in [1.82, 2.24) is 14.7 Å². The van der Waals surface area contributed by atoms with Gasteiger partial charge in [-0.25, -0.2) is 0 Å². The fourth-order valence-electron chi connectivity index (χ4n) is 2.03. The van der Waals surface area contributed by atoms with Crippen LogP contribution in [0.3, 0.4) is 0 Å². The molecule has 0 unspecified atom stereocenters. The Kier molecular flexibility index (Phi) is 3.19. The summed E-state index contributed by atoms with van der Waals surface area (Å²) in [6.45, 7) is 0.789. The zero-order valence-corrected chi connectivity index (χ0v) is 10.3. The largest absolute Gasteiger partial charge is 0.341 e. The van der Waals surface area contributed by atoms with E-state index >= 15 is 0 Å². The van der Waals surface area contributed by atoms with E-state index in [1.54, 1.807) is 29.0 Å². The van der Waals surface area contributed by atoms with E-state index in [-0.39, 0.29) is 5.91 Å². The van der Waals surface area contributed by atoms with Gasteiger partial charge in [-0.3, -0.25) is 9.48 Å². The zero-order chi connectivity index (χ0) is 11.7. The van der Waals surface area contributed by atoms with Crippen LogP contribution in [-0.4, -0.2) is 39.6 Å². The first kappa shape index (κ1) is 11.5. The van der Waals surface area contributed by atoms with Gasteiger partial charge in [0, 0.05) is 32.2 Å². The maximum Gasteiger partial charge on any atom is 0.256 e. The van der Waals surface area contributed by atoms with Crippen LogP contribution in [0.5, 0.6) is 0 Å². The summed E-state index contributed by atoms with van der Waals surface area (Å²) in [6, 6.07) is 0. The van der Waals surface area contributed by atoms with Crippen LogP contribution in [0.15, 0.2) is 12.4 Å². The standard InChI is InChI=1S/C11H16ClN3O/c1-14(6-8-3-10(12)4-8)11(16)9-5-13-15(2)7-9/h5,7-8,10H,3-4,6H2,1-2H3. The van der Waals surface area contributed by atoms with Gasteiger partial charge in [-0.2, -0.15) is 5.10 Å². The molecule has 5 heteroatoms. The number of nitrogens with zero attached hydrogens (tertiary/aromatic N) is 3. The Bertz CT molecular complexity index is 384. The summed E-state index contributed by atoms with van der Waals surface area (Å²) in [5.41, 5.74) is 0.645. The first-order chi connectivity index (χ1) is 7.56. The molecule has 0 spiro atoms. The molecule has 1 saturated carbocycles. The lowest BCUT2D eigenvalue weighted by Gasteiger charge is -2.33. The maximum absolute atomic E-state index is 12.0. The highest BCUT2D eigenvalue weighted by Gasteiger charge is 2.29. The van der Waals surface area contributed by atoms with Gasteiger partial charge in [0.25, 0.3) is 5.91 Å². The van der Waals surface area contributed by atoms with Crippen molar-refractivity contribution in [1.29, 1.82) is 0 Å². The first-order valence-corrected chi connectivity index (χ1v) is 5.88. The van der Waals surface area contributed by atoms with Crippen molar-refractivity contribution >= 4 is 17.5 Å². The number of hydrogen-bond donors (Lipinski definition) is 0. The van der Waals surface area contributed by atoms with E-state index in [2.05, 4.69) is 5.10 Å². The Hall–Kier alpha value is -1.03. The molecule has 0 aliphatic heterocycles. The van der Waals surface area contributed by atoms with Crippen molar-refractivity contribution in [2.24, 2.45) is 13.0 Å². The summed E-state index contributed by atoms with van der Waals surface area (Å²) in [5, 5.41) is 4.31. The average molecular weight is 242 g/mol. The van der Waals surface area contributed by atoms with Crippen LogP contribution in [-0.2, 0) is 7.05 Å². The lowest BCUT2D eigenvalue weighted by molar-refractivity contribution is 0.0747. The normalized spacial score (nSPS) is 23.9. The molecule has 4 nitrogen and oxygen atoms in total. The summed E-state index contributed by atoms with van der Waals surface area (Å²) >= 11 is 5.91. The fourth-order valence-corrected chi connectivity index (χ4v) is 2.53. The number of halogens is 1. The van der Waals surface area contributed by atoms with E-state index in [1.807, 2.05) is 7.05 Å². The monoisotopic (exact) mass is 241 g/mol. The van der Waals surface area contributed by atoms with Gasteiger partial charge in [0.15, 0.2) is 0 Å². The molecule has 16 heavy (non-hydrogen) atoms. The second-order valence-electron chi connectivity index (χ2n) is 4.52. The summed E-state index contributed by atoms with van der Waals surface area (Å²) in [6.07, 6.45) is 5.38. The number of carbonyl (C=O) groups is 1. The first-order valence-electron chi connectivity index (χ1n) is 5.44. The lowest BCUT2D eigenvalue weighted by Crippen LogP contribution is -2.37. The van der Waals surface area contributed by atoms with Gasteiger partial charge in [0.05, 0.1) is 11.8 Å². The topological polar surface area (TPSA) is 38.1 Å². The molecule has 2 rings (SSSR count). The molecule has 0 aromatic carbocycles. The van der Waals surface area contributed by atoms with Gasteiger partial charge in [-0.05, 0) is 18.8 Å². The van der Waals surface area contributed by atoms with Gasteiger partial charge in [-0.1, -0.05) is 0 Å². The van der Waals surface area contributed by atoms with Crippen LogP contribution in [0.2, 0.25) is 0 Å². The molecule has 0 bridgehead atoms. The van der Waals surface area contributed by atoms with Gasteiger partial charge in [0.1, 0.15) is 0 Å². The van der Waals surface area contributed by atoms with Gasteiger partial charge in [-0.15, -0.1) is 11.6 Å². The van der Waals surface area contributed by atoms with Gasteiger partial charge in [0.2, 0.25) is 0 Å². The minimum atomic E-state index is 0.0334. The molecule has 0 atom stereocenters. The predicted octanol–water partition coefficient (Wildman–Crippen LogP) is 1.51. The van der Waals surface area contributed by atoms with E-state index in [4.69, 9.17) is 11.6 Å². The molecule has 1 aromatic heterocycles. The van der Waals surface area contributed by atoms with Crippen LogP contribution < -0.4 is 0 Å². The Morgan fingerprint density at radius 3 is 2.88 bits per heavy atom. The molecule has 0 radical (unpaired) electrons. The quantitative estimate of drug-likeness (QED) is 0.753. The van der Waals surface area contributed by atoms with E-state index in [0.29, 0.717) is 16.9 Å². The van der Waals surface area contributed by atoms with E-state index in [9.17, 15) is 4.79 Å². The molecule has 1 aliphatic carbocycles. The predicted molar refractivity (Wildman–Crippen MR) is 62.5 cm³/mol. The second-order valence-corrected chi connectivity index (χ2v) is 5.14. The second kappa shape index (κ2) is 4.45. The third-order valence-corrected chi connectivity index (χ3v) is 3.37. The Morgan fingerprint density at radius 2 is 2.38 bits per heavy atom. The van der Waals surface area contributed by atoms with Crippen LogP contribution in [0.4, 0.5) is 0 Å². The van der Waals surface area contributed by atoms with Crippen molar-refractivity contribution in [3.8, 4) is 0 Å². The number of alkyl halides is 1.